The third kappa shape index (κ3) is 3.77. The minimum Gasteiger partial charge on any atom is -0.314 e. The highest BCUT2D eigenvalue weighted by Crippen LogP contribution is 2.27. The van der Waals surface area contributed by atoms with Crippen LogP contribution in [0.5, 0.6) is 0 Å². The monoisotopic (exact) mass is 316 g/mol. The molecule has 3 rings (SSSR count). The summed E-state index contributed by atoms with van der Waals surface area (Å²) >= 11 is 0. The Balaban J connectivity index is 1.73. The molecule has 1 saturated heterocycles. The van der Waals surface area contributed by atoms with Gasteiger partial charge in [0.25, 0.3) is 6.43 Å². The van der Waals surface area contributed by atoms with E-state index < -0.39 is 6.43 Å². The number of rotatable bonds is 4. The Morgan fingerprint density at radius 1 is 0.826 bits per heavy atom. The van der Waals surface area contributed by atoms with E-state index in [9.17, 15) is 8.78 Å². The lowest BCUT2D eigenvalue weighted by Crippen LogP contribution is -2.44. The molecule has 4 heteroatoms. The van der Waals surface area contributed by atoms with Gasteiger partial charge in [-0.2, -0.15) is 0 Å². The van der Waals surface area contributed by atoms with Crippen LogP contribution in [0.25, 0.3) is 11.1 Å². The Kier molecular flexibility index (Phi) is 5.03. The molecule has 0 bridgehead atoms. The van der Waals surface area contributed by atoms with Crippen LogP contribution in [0.4, 0.5) is 8.78 Å². The van der Waals surface area contributed by atoms with Gasteiger partial charge in [-0.3, -0.25) is 4.90 Å². The summed E-state index contributed by atoms with van der Waals surface area (Å²) in [6.07, 6.45) is -2.41. The van der Waals surface area contributed by atoms with Crippen LogP contribution in [-0.2, 0) is 0 Å². The normalized spacial score (nSPS) is 17.4. The molecule has 1 fully saturated rings. The number of halogens is 2. The van der Waals surface area contributed by atoms with E-state index in [1.54, 1.807) is 12.1 Å². The molecule has 1 heterocycles. The number of hydrogen-bond acceptors (Lipinski definition) is 2. The van der Waals surface area contributed by atoms with E-state index in [2.05, 4.69) is 41.4 Å². The molecule has 23 heavy (non-hydrogen) atoms. The van der Waals surface area contributed by atoms with Crippen molar-refractivity contribution in [1.29, 1.82) is 0 Å². The van der Waals surface area contributed by atoms with Crippen molar-refractivity contribution in [1.82, 2.24) is 10.2 Å². The first-order valence-electron chi connectivity index (χ1n) is 8.08. The summed E-state index contributed by atoms with van der Waals surface area (Å²) in [6.45, 7) is 6.45. The minimum absolute atomic E-state index is 0.0673. The lowest BCUT2D eigenvalue weighted by atomic mass is 9.99. The Hall–Kier alpha value is -1.78. The van der Waals surface area contributed by atoms with E-state index in [0.717, 1.165) is 37.3 Å². The Morgan fingerprint density at radius 2 is 1.30 bits per heavy atom. The molecule has 0 radical (unpaired) electrons. The van der Waals surface area contributed by atoms with Crippen LogP contribution in [0, 0.1) is 0 Å². The molecule has 2 aromatic carbocycles. The lowest BCUT2D eigenvalue weighted by molar-refractivity contribution is 0.151. The fourth-order valence-corrected chi connectivity index (χ4v) is 3.06. The first kappa shape index (κ1) is 16.1. The molecule has 2 aromatic rings. The molecule has 1 aliphatic rings. The molecule has 0 aromatic heterocycles. The van der Waals surface area contributed by atoms with Crippen LogP contribution in [0.15, 0.2) is 48.5 Å². The zero-order valence-electron chi connectivity index (χ0n) is 13.3. The first-order valence-corrected chi connectivity index (χ1v) is 8.08. The fourth-order valence-electron chi connectivity index (χ4n) is 3.06. The van der Waals surface area contributed by atoms with Gasteiger partial charge in [-0.25, -0.2) is 8.78 Å². The predicted octanol–water partition coefficient (Wildman–Crippen LogP) is 4.26. The number of nitrogens with one attached hydrogen (secondary N) is 1. The third-order valence-electron chi connectivity index (χ3n) is 4.59. The highest BCUT2D eigenvalue weighted by atomic mass is 19.3. The molecular formula is C19H22F2N2. The second kappa shape index (κ2) is 7.20. The fraction of sp³-hybridized carbons (Fsp3) is 0.368. The third-order valence-corrected chi connectivity index (χ3v) is 4.59. The number of benzene rings is 2. The van der Waals surface area contributed by atoms with Crippen molar-refractivity contribution >= 4 is 0 Å². The van der Waals surface area contributed by atoms with Crippen molar-refractivity contribution < 1.29 is 8.78 Å². The minimum atomic E-state index is -2.41. The van der Waals surface area contributed by atoms with Gasteiger partial charge in [0.1, 0.15) is 0 Å². The molecule has 1 aliphatic heterocycles. The molecule has 2 nitrogen and oxygen atoms in total. The summed E-state index contributed by atoms with van der Waals surface area (Å²) in [7, 11) is 0. The number of piperazine rings is 1. The van der Waals surface area contributed by atoms with Crippen LogP contribution in [0.1, 0.15) is 30.5 Å². The van der Waals surface area contributed by atoms with Crippen LogP contribution in [0.2, 0.25) is 0 Å². The highest BCUT2D eigenvalue weighted by molar-refractivity contribution is 5.64. The zero-order valence-corrected chi connectivity index (χ0v) is 13.3. The van der Waals surface area contributed by atoms with E-state index >= 15 is 0 Å². The second-order valence-corrected chi connectivity index (χ2v) is 6.01. The standard InChI is InChI=1S/C19H22F2N2/c1-14(23-12-10-22-11-13-23)15-2-4-16(5-3-15)17-6-8-18(9-7-17)19(20)21/h2-9,14,19,22H,10-13H2,1H3. The van der Waals surface area contributed by atoms with Gasteiger partial charge in [0.2, 0.25) is 0 Å². The molecule has 0 aliphatic carbocycles. The Labute approximate surface area is 136 Å². The van der Waals surface area contributed by atoms with Gasteiger partial charge in [0, 0.05) is 37.8 Å². The van der Waals surface area contributed by atoms with Crippen molar-refractivity contribution in [3.05, 3.63) is 59.7 Å². The van der Waals surface area contributed by atoms with Gasteiger partial charge in [0.15, 0.2) is 0 Å². The predicted molar refractivity (Wildman–Crippen MR) is 89.7 cm³/mol. The van der Waals surface area contributed by atoms with Gasteiger partial charge in [-0.1, -0.05) is 48.5 Å². The van der Waals surface area contributed by atoms with Crippen molar-refractivity contribution in [2.45, 2.75) is 19.4 Å². The topological polar surface area (TPSA) is 15.3 Å². The summed E-state index contributed by atoms with van der Waals surface area (Å²) in [6, 6.07) is 15.3. The molecule has 0 saturated carbocycles. The molecule has 0 amide bonds. The first-order chi connectivity index (χ1) is 11.1. The Bertz CT molecular complexity index is 617. The van der Waals surface area contributed by atoms with E-state index in [1.165, 1.54) is 17.7 Å². The maximum Gasteiger partial charge on any atom is 0.263 e. The molecule has 122 valence electrons. The smallest absolute Gasteiger partial charge is 0.263 e. The number of nitrogens with zero attached hydrogens (tertiary/aromatic N) is 1. The largest absolute Gasteiger partial charge is 0.314 e. The van der Waals surface area contributed by atoms with Crippen molar-refractivity contribution in [3.8, 4) is 11.1 Å². The van der Waals surface area contributed by atoms with Gasteiger partial charge in [0.05, 0.1) is 0 Å². The molecule has 1 N–H and O–H groups in total. The highest BCUT2D eigenvalue weighted by Gasteiger charge is 2.17. The summed E-state index contributed by atoms with van der Waals surface area (Å²) in [5.41, 5.74) is 3.38. The average Bonchev–Trinajstić information content (AvgIpc) is 2.62. The average molecular weight is 316 g/mol. The molecule has 1 unspecified atom stereocenters. The quantitative estimate of drug-likeness (QED) is 0.907. The maximum atomic E-state index is 12.6. The lowest BCUT2D eigenvalue weighted by Gasteiger charge is -2.33. The Morgan fingerprint density at radius 3 is 1.78 bits per heavy atom. The van der Waals surface area contributed by atoms with Gasteiger partial charge < -0.3 is 5.32 Å². The second-order valence-electron chi connectivity index (χ2n) is 6.01. The van der Waals surface area contributed by atoms with Crippen molar-refractivity contribution in [3.63, 3.8) is 0 Å². The van der Waals surface area contributed by atoms with E-state index in [-0.39, 0.29) is 5.56 Å². The number of hydrogen-bond donors (Lipinski definition) is 1. The van der Waals surface area contributed by atoms with Crippen molar-refractivity contribution in [2.75, 3.05) is 26.2 Å². The maximum absolute atomic E-state index is 12.6. The molecule has 1 atom stereocenters. The van der Waals surface area contributed by atoms with Crippen LogP contribution in [0.3, 0.4) is 0 Å². The van der Waals surface area contributed by atoms with Gasteiger partial charge in [-0.15, -0.1) is 0 Å². The van der Waals surface area contributed by atoms with Gasteiger partial charge >= 0.3 is 0 Å². The van der Waals surface area contributed by atoms with Gasteiger partial charge in [-0.05, 0) is 23.6 Å². The SMILES string of the molecule is CC(c1ccc(-c2ccc(C(F)F)cc2)cc1)N1CCNCC1. The summed E-state index contributed by atoms with van der Waals surface area (Å²) in [5, 5.41) is 3.37. The molecular weight excluding hydrogens is 294 g/mol. The summed E-state index contributed by atoms with van der Waals surface area (Å²) < 4.78 is 25.2. The molecule has 0 spiro atoms. The van der Waals surface area contributed by atoms with E-state index in [4.69, 9.17) is 0 Å². The zero-order chi connectivity index (χ0) is 16.2. The van der Waals surface area contributed by atoms with E-state index in [0.29, 0.717) is 6.04 Å². The van der Waals surface area contributed by atoms with Crippen LogP contribution in [-0.4, -0.2) is 31.1 Å². The summed E-state index contributed by atoms with van der Waals surface area (Å²) in [4.78, 5) is 2.48. The van der Waals surface area contributed by atoms with E-state index in [1.807, 2.05) is 0 Å². The van der Waals surface area contributed by atoms with Crippen molar-refractivity contribution in [2.24, 2.45) is 0 Å². The number of alkyl halides is 2. The summed E-state index contributed by atoms with van der Waals surface area (Å²) in [5.74, 6) is 0. The van der Waals surface area contributed by atoms with Crippen LogP contribution >= 0.6 is 0 Å². The van der Waals surface area contributed by atoms with Crippen LogP contribution < -0.4 is 5.32 Å².